The lowest BCUT2D eigenvalue weighted by Gasteiger charge is -2.16. The van der Waals surface area contributed by atoms with E-state index in [0.717, 1.165) is 0 Å². The Balaban J connectivity index is 3.04. The van der Waals surface area contributed by atoms with Gasteiger partial charge in [0, 0.05) is 12.1 Å². The molecule has 0 spiro atoms. The van der Waals surface area contributed by atoms with Gasteiger partial charge in [-0.15, -0.1) is 0 Å². The van der Waals surface area contributed by atoms with E-state index in [1.165, 1.54) is 13.8 Å². The Morgan fingerprint density at radius 2 is 1.50 bits per heavy atom. The minimum atomic E-state index is -4.96. The van der Waals surface area contributed by atoms with Crippen LogP contribution in [-0.4, -0.2) is 28.0 Å². The lowest BCUT2D eigenvalue weighted by Crippen LogP contribution is -2.14. The predicted molar refractivity (Wildman–Crippen MR) is 70.3 cm³/mol. The Hall–Kier alpha value is -0.930. The number of rotatable bonds is 8. The summed E-state index contributed by atoms with van der Waals surface area (Å²) in [4.78, 5) is -1.48. The van der Waals surface area contributed by atoms with Gasteiger partial charge in [0.25, 0.3) is 0 Å². The molecule has 1 aromatic carbocycles. The molecule has 0 bridgehead atoms. The van der Waals surface area contributed by atoms with Crippen molar-refractivity contribution in [1.29, 1.82) is 0 Å². The predicted octanol–water partition coefficient (Wildman–Crippen LogP) is 3.03. The molecule has 0 saturated carbocycles. The molecule has 0 aliphatic carbocycles. The Morgan fingerprint density at radius 3 is 1.91 bits per heavy atom. The second-order valence-corrected chi connectivity index (χ2v) is 7.39. The van der Waals surface area contributed by atoms with Gasteiger partial charge in [-0.2, -0.15) is 8.42 Å². The summed E-state index contributed by atoms with van der Waals surface area (Å²) in [6.45, 7) is 2.86. The van der Waals surface area contributed by atoms with Crippen molar-refractivity contribution in [3.63, 3.8) is 0 Å². The molecule has 0 unspecified atom stereocenters. The zero-order valence-corrected chi connectivity index (χ0v) is 13.4. The van der Waals surface area contributed by atoms with E-state index in [0.29, 0.717) is 0 Å². The van der Waals surface area contributed by atoms with Crippen molar-refractivity contribution in [2.45, 2.75) is 18.7 Å². The van der Waals surface area contributed by atoms with Gasteiger partial charge in [-0.05, 0) is 13.8 Å². The van der Waals surface area contributed by atoms with Crippen molar-refractivity contribution in [1.82, 2.24) is 0 Å². The van der Waals surface area contributed by atoms with E-state index in [9.17, 15) is 26.2 Å². The van der Waals surface area contributed by atoms with Crippen molar-refractivity contribution in [3.8, 4) is 0 Å². The first kappa shape index (κ1) is 19.1. The van der Waals surface area contributed by atoms with Crippen LogP contribution in [-0.2, 0) is 27.9 Å². The minimum absolute atomic E-state index is 0.0556. The Bertz CT molecular complexity index is 645. The molecular formula is C11H14F3O6PS. The Labute approximate surface area is 125 Å². The zero-order valence-electron chi connectivity index (χ0n) is 11.7. The molecule has 0 radical (unpaired) electrons. The molecule has 0 aliphatic heterocycles. The summed E-state index contributed by atoms with van der Waals surface area (Å²) >= 11 is 0. The van der Waals surface area contributed by atoms with Gasteiger partial charge in [0.1, 0.15) is 17.5 Å². The van der Waals surface area contributed by atoms with Gasteiger partial charge >= 0.3 is 17.7 Å². The summed E-state index contributed by atoms with van der Waals surface area (Å²) in [6, 6.07) is 0.369. The van der Waals surface area contributed by atoms with Crippen LogP contribution in [0.25, 0.3) is 0 Å². The van der Waals surface area contributed by atoms with Crippen LogP contribution in [0.1, 0.15) is 13.8 Å². The lowest BCUT2D eigenvalue weighted by atomic mass is 10.3. The maximum atomic E-state index is 13.5. The zero-order chi connectivity index (χ0) is 17.0. The summed E-state index contributed by atoms with van der Waals surface area (Å²) in [5.41, 5.74) is 0. The van der Waals surface area contributed by atoms with Crippen LogP contribution in [0.2, 0.25) is 0 Å². The quantitative estimate of drug-likeness (QED) is 0.522. The fourth-order valence-corrected chi connectivity index (χ4v) is 4.26. The number of halogens is 3. The first-order chi connectivity index (χ1) is 10.1. The minimum Gasteiger partial charge on any atom is -0.307 e. The fraction of sp³-hybridized carbons (Fsp3) is 0.455. The summed E-state index contributed by atoms with van der Waals surface area (Å²) < 4.78 is 89.2. The molecule has 0 fully saturated rings. The van der Waals surface area contributed by atoms with Gasteiger partial charge in [0.2, 0.25) is 0 Å². The topological polar surface area (TPSA) is 78.9 Å². The van der Waals surface area contributed by atoms with E-state index in [1.807, 2.05) is 0 Å². The van der Waals surface area contributed by atoms with E-state index in [4.69, 9.17) is 9.05 Å². The van der Waals surface area contributed by atoms with Crippen LogP contribution in [0.5, 0.6) is 0 Å². The van der Waals surface area contributed by atoms with Gasteiger partial charge in [-0.3, -0.25) is 8.75 Å². The van der Waals surface area contributed by atoms with E-state index < -0.39 is 46.4 Å². The molecule has 1 aromatic rings. The standard InChI is InChI=1S/C11H14F3O6PS/c1-3-18-21(15,19-4-2)7-20-22(16,17)11-9(13)5-8(12)6-10(11)14/h5-6H,3-4,7H2,1-2H3. The van der Waals surface area contributed by atoms with Crippen LogP contribution in [0, 0.1) is 17.5 Å². The normalized spacial score (nSPS) is 12.6. The second kappa shape index (κ2) is 7.56. The molecular weight excluding hydrogens is 348 g/mol. The third kappa shape index (κ3) is 4.79. The van der Waals surface area contributed by atoms with Crippen molar-refractivity contribution >= 4 is 17.7 Å². The SMILES string of the molecule is CCOP(=O)(COS(=O)(=O)c1c(F)cc(F)cc1F)OCC. The Morgan fingerprint density at radius 1 is 1.05 bits per heavy atom. The largest absolute Gasteiger partial charge is 0.357 e. The lowest BCUT2D eigenvalue weighted by molar-refractivity contribution is 0.197. The molecule has 0 saturated heterocycles. The molecule has 0 aromatic heterocycles. The maximum Gasteiger partial charge on any atom is 0.357 e. The number of benzene rings is 1. The molecule has 0 heterocycles. The molecule has 0 atom stereocenters. The van der Waals surface area contributed by atoms with Gasteiger partial charge in [0.05, 0.1) is 13.2 Å². The first-order valence-electron chi connectivity index (χ1n) is 6.07. The highest BCUT2D eigenvalue weighted by Crippen LogP contribution is 2.48. The molecule has 0 N–H and O–H groups in total. The molecule has 6 nitrogen and oxygen atoms in total. The highest BCUT2D eigenvalue weighted by atomic mass is 32.2. The van der Waals surface area contributed by atoms with E-state index in [-0.39, 0.29) is 25.3 Å². The fourth-order valence-electron chi connectivity index (χ4n) is 1.47. The molecule has 0 amide bonds. The maximum absolute atomic E-state index is 13.5. The molecule has 0 aliphatic rings. The molecule has 126 valence electrons. The van der Waals surface area contributed by atoms with Crippen molar-refractivity contribution < 1.29 is 39.4 Å². The van der Waals surface area contributed by atoms with Gasteiger partial charge in [0.15, 0.2) is 11.2 Å². The van der Waals surface area contributed by atoms with Gasteiger partial charge < -0.3 is 9.05 Å². The van der Waals surface area contributed by atoms with Crippen LogP contribution in [0.15, 0.2) is 17.0 Å². The van der Waals surface area contributed by atoms with E-state index >= 15 is 0 Å². The van der Waals surface area contributed by atoms with E-state index in [1.54, 1.807) is 0 Å². The monoisotopic (exact) mass is 362 g/mol. The Kier molecular flexibility index (Phi) is 6.57. The number of hydrogen-bond donors (Lipinski definition) is 0. The summed E-state index contributed by atoms with van der Waals surface area (Å²) in [5.74, 6) is -4.62. The van der Waals surface area contributed by atoms with Crippen molar-refractivity contribution in [3.05, 3.63) is 29.6 Å². The van der Waals surface area contributed by atoms with Gasteiger partial charge in [-0.25, -0.2) is 13.2 Å². The summed E-state index contributed by atoms with van der Waals surface area (Å²) in [7, 11) is -8.85. The number of hydrogen-bond acceptors (Lipinski definition) is 6. The molecule has 11 heteroatoms. The molecule has 1 rings (SSSR count). The first-order valence-corrected chi connectivity index (χ1v) is 9.21. The average molecular weight is 362 g/mol. The molecule has 22 heavy (non-hydrogen) atoms. The highest BCUT2D eigenvalue weighted by molar-refractivity contribution is 7.87. The van der Waals surface area contributed by atoms with Crippen LogP contribution >= 0.6 is 7.60 Å². The highest BCUT2D eigenvalue weighted by Gasteiger charge is 2.32. The summed E-state index contributed by atoms with van der Waals surface area (Å²) in [5, 5.41) is 0. The third-order valence-electron chi connectivity index (χ3n) is 2.23. The smallest absolute Gasteiger partial charge is 0.307 e. The van der Waals surface area contributed by atoms with Gasteiger partial charge in [-0.1, -0.05) is 0 Å². The average Bonchev–Trinajstić information content (AvgIpc) is 2.35. The third-order valence-corrected chi connectivity index (χ3v) is 5.47. The van der Waals surface area contributed by atoms with Crippen molar-refractivity contribution in [2.24, 2.45) is 0 Å². The summed E-state index contributed by atoms with van der Waals surface area (Å²) in [6.07, 6.45) is -1.06. The van der Waals surface area contributed by atoms with E-state index in [2.05, 4.69) is 4.18 Å². The second-order valence-electron chi connectivity index (χ2n) is 3.85. The van der Waals surface area contributed by atoms with Crippen LogP contribution < -0.4 is 0 Å². The van der Waals surface area contributed by atoms with Crippen LogP contribution in [0.3, 0.4) is 0 Å². The van der Waals surface area contributed by atoms with Crippen LogP contribution in [0.4, 0.5) is 13.2 Å². The van der Waals surface area contributed by atoms with Crippen molar-refractivity contribution in [2.75, 3.05) is 19.6 Å².